The van der Waals surface area contributed by atoms with Crippen molar-refractivity contribution in [3.05, 3.63) is 21.9 Å². The molecule has 1 rings (SSSR count). The summed E-state index contributed by atoms with van der Waals surface area (Å²) in [5, 5.41) is 2.91. The van der Waals surface area contributed by atoms with Crippen molar-refractivity contribution in [3.8, 4) is 0 Å². The van der Waals surface area contributed by atoms with Gasteiger partial charge in [-0.05, 0) is 32.9 Å². The SMILES string of the molecule is CCN(CC)C(=O)NCc1ccc(C)s1. The van der Waals surface area contributed by atoms with E-state index in [4.69, 9.17) is 0 Å². The summed E-state index contributed by atoms with van der Waals surface area (Å²) in [6.45, 7) is 8.18. The van der Waals surface area contributed by atoms with E-state index in [1.807, 2.05) is 13.8 Å². The first-order chi connectivity index (χ1) is 7.17. The van der Waals surface area contributed by atoms with Gasteiger partial charge in [0, 0.05) is 22.8 Å². The molecule has 0 saturated heterocycles. The van der Waals surface area contributed by atoms with Crippen LogP contribution in [0.4, 0.5) is 4.79 Å². The zero-order valence-corrected chi connectivity index (χ0v) is 10.4. The first-order valence-electron chi connectivity index (χ1n) is 5.25. The van der Waals surface area contributed by atoms with Crippen LogP contribution in [-0.4, -0.2) is 24.0 Å². The van der Waals surface area contributed by atoms with Crippen LogP contribution in [0.1, 0.15) is 23.6 Å². The van der Waals surface area contributed by atoms with Crippen LogP contribution >= 0.6 is 11.3 Å². The van der Waals surface area contributed by atoms with Crippen LogP contribution in [0.3, 0.4) is 0 Å². The van der Waals surface area contributed by atoms with Crippen molar-refractivity contribution in [2.75, 3.05) is 13.1 Å². The van der Waals surface area contributed by atoms with Crippen LogP contribution in [-0.2, 0) is 6.54 Å². The average Bonchev–Trinajstić information content (AvgIpc) is 2.63. The normalized spacial score (nSPS) is 10.1. The van der Waals surface area contributed by atoms with Crippen LogP contribution in [0.5, 0.6) is 0 Å². The zero-order valence-electron chi connectivity index (χ0n) is 9.54. The zero-order chi connectivity index (χ0) is 11.3. The third kappa shape index (κ3) is 3.55. The molecule has 15 heavy (non-hydrogen) atoms. The molecule has 84 valence electrons. The topological polar surface area (TPSA) is 32.3 Å². The van der Waals surface area contributed by atoms with Crippen LogP contribution in [0.25, 0.3) is 0 Å². The summed E-state index contributed by atoms with van der Waals surface area (Å²) in [7, 11) is 0. The highest BCUT2D eigenvalue weighted by atomic mass is 32.1. The van der Waals surface area contributed by atoms with Crippen molar-refractivity contribution < 1.29 is 4.79 Å². The number of amides is 2. The predicted molar refractivity (Wildman–Crippen MR) is 64.2 cm³/mol. The Morgan fingerprint density at radius 3 is 2.53 bits per heavy atom. The van der Waals surface area contributed by atoms with E-state index in [9.17, 15) is 4.79 Å². The molecule has 0 aliphatic rings. The highest BCUT2D eigenvalue weighted by molar-refractivity contribution is 7.11. The molecule has 0 aliphatic carbocycles. The number of carbonyl (C=O) groups excluding carboxylic acids is 1. The number of nitrogens with zero attached hydrogens (tertiary/aromatic N) is 1. The Kier molecular flexibility index (Phi) is 4.62. The molecule has 0 radical (unpaired) electrons. The van der Waals surface area contributed by atoms with Crippen molar-refractivity contribution in [2.24, 2.45) is 0 Å². The van der Waals surface area contributed by atoms with E-state index >= 15 is 0 Å². The van der Waals surface area contributed by atoms with Crippen molar-refractivity contribution in [2.45, 2.75) is 27.3 Å². The van der Waals surface area contributed by atoms with Gasteiger partial charge in [-0.1, -0.05) is 0 Å². The molecule has 1 N–H and O–H groups in total. The molecule has 0 bridgehead atoms. The van der Waals surface area contributed by atoms with Gasteiger partial charge in [0.15, 0.2) is 0 Å². The monoisotopic (exact) mass is 226 g/mol. The number of aryl methyl sites for hydroxylation is 1. The first kappa shape index (κ1) is 12.0. The van der Waals surface area contributed by atoms with E-state index in [0.717, 1.165) is 13.1 Å². The summed E-state index contributed by atoms with van der Waals surface area (Å²) in [4.78, 5) is 15.9. The lowest BCUT2D eigenvalue weighted by Crippen LogP contribution is -2.39. The maximum absolute atomic E-state index is 11.6. The molecule has 0 unspecified atom stereocenters. The molecule has 0 spiro atoms. The molecule has 0 saturated carbocycles. The lowest BCUT2D eigenvalue weighted by atomic mass is 10.4. The lowest BCUT2D eigenvalue weighted by Gasteiger charge is -2.18. The summed E-state index contributed by atoms with van der Waals surface area (Å²) in [5.41, 5.74) is 0. The Balaban J connectivity index is 2.40. The van der Waals surface area contributed by atoms with Gasteiger partial charge in [-0.2, -0.15) is 0 Å². The number of urea groups is 1. The quantitative estimate of drug-likeness (QED) is 0.841. The summed E-state index contributed by atoms with van der Waals surface area (Å²) in [6, 6.07) is 4.15. The van der Waals surface area contributed by atoms with Crippen LogP contribution < -0.4 is 5.32 Å². The summed E-state index contributed by atoms with van der Waals surface area (Å²) >= 11 is 1.72. The van der Waals surface area contributed by atoms with Gasteiger partial charge in [0.25, 0.3) is 0 Å². The number of carbonyl (C=O) groups is 1. The highest BCUT2D eigenvalue weighted by Gasteiger charge is 2.08. The fraction of sp³-hybridized carbons (Fsp3) is 0.545. The third-order valence-electron chi connectivity index (χ3n) is 2.26. The number of hydrogen-bond donors (Lipinski definition) is 1. The number of hydrogen-bond acceptors (Lipinski definition) is 2. The minimum atomic E-state index is 0.0195. The molecule has 1 aromatic heterocycles. The number of thiophene rings is 1. The van der Waals surface area contributed by atoms with Gasteiger partial charge in [0.05, 0.1) is 6.54 Å². The van der Waals surface area contributed by atoms with E-state index in [-0.39, 0.29) is 6.03 Å². The standard InChI is InChI=1S/C11H18N2OS/c1-4-13(5-2)11(14)12-8-10-7-6-9(3)15-10/h6-7H,4-5,8H2,1-3H3,(H,12,14). The van der Waals surface area contributed by atoms with E-state index in [0.29, 0.717) is 6.54 Å². The summed E-state index contributed by atoms with van der Waals surface area (Å²) < 4.78 is 0. The molecule has 0 fully saturated rings. The summed E-state index contributed by atoms with van der Waals surface area (Å²) in [5.74, 6) is 0. The van der Waals surface area contributed by atoms with Gasteiger partial charge >= 0.3 is 6.03 Å². The number of nitrogens with one attached hydrogen (secondary N) is 1. The molecule has 4 heteroatoms. The molecule has 0 aliphatic heterocycles. The summed E-state index contributed by atoms with van der Waals surface area (Å²) in [6.07, 6.45) is 0. The lowest BCUT2D eigenvalue weighted by molar-refractivity contribution is 0.203. The van der Waals surface area contributed by atoms with Crippen LogP contribution in [0.15, 0.2) is 12.1 Å². The molecule has 0 atom stereocenters. The largest absolute Gasteiger partial charge is 0.333 e. The van der Waals surface area contributed by atoms with Gasteiger partial charge in [-0.15, -0.1) is 11.3 Å². The smallest absolute Gasteiger partial charge is 0.317 e. The Morgan fingerprint density at radius 2 is 2.07 bits per heavy atom. The molecule has 0 aromatic carbocycles. The Hall–Kier alpha value is -1.03. The van der Waals surface area contributed by atoms with E-state index in [1.165, 1.54) is 9.75 Å². The van der Waals surface area contributed by atoms with Crippen LogP contribution in [0, 0.1) is 6.92 Å². The highest BCUT2D eigenvalue weighted by Crippen LogP contribution is 2.14. The average molecular weight is 226 g/mol. The molecule has 1 aromatic rings. The minimum Gasteiger partial charge on any atom is -0.333 e. The second-order valence-electron chi connectivity index (χ2n) is 3.34. The fourth-order valence-electron chi connectivity index (χ4n) is 1.37. The van der Waals surface area contributed by atoms with Crippen molar-refractivity contribution in [1.29, 1.82) is 0 Å². The van der Waals surface area contributed by atoms with E-state index < -0.39 is 0 Å². The fourth-order valence-corrected chi connectivity index (χ4v) is 2.20. The Labute approximate surface area is 95.1 Å². The van der Waals surface area contributed by atoms with Gasteiger partial charge in [-0.25, -0.2) is 4.79 Å². The van der Waals surface area contributed by atoms with Crippen LogP contribution in [0.2, 0.25) is 0 Å². The first-order valence-corrected chi connectivity index (χ1v) is 6.07. The predicted octanol–water partition coefficient (Wildman–Crippen LogP) is 2.61. The molecular weight excluding hydrogens is 208 g/mol. The van der Waals surface area contributed by atoms with Crippen molar-refractivity contribution >= 4 is 17.4 Å². The second kappa shape index (κ2) is 5.75. The molecular formula is C11H18N2OS. The molecule has 1 heterocycles. The van der Waals surface area contributed by atoms with Gasteiger partial charge in [-0.3, -0.25) is 0 Å². The van der Waals surface area contributed by atoms with Crippen molar-refractivity contribution in [1.82, 2.24) is 10.2 Å². The maximum Gasteiger partial charge on any atom is 0.317 e. The second-order valence-corrected chi connectivity index (χ2v) is 4.72. The van der Waals surface area contributed by atoms with E-state index in [1.54, 1.807) is 16.2 Å². The van der Waals surface area contributed by atoms with Gasteiger partial charge < -0.3 is 10.2 Å². The Morgan fingerprint density at radius 1 is 1.40 bits per heavy atom. The maximum atomic E-state index is 11.6. The van der Waals surface area contributed by atoms with E-state index in [2.05, 4.69) is 24.4 Å². The number of rotatable bonds is 4. The molecule has 2 amide bonds. The molecule has 3 nitrogen and oxygen atoms in total. The van der Waals surface area contributed by atoms with Gasteiger partial charge in [0.1, 0.15) is 0 Å². The third-order valence-corrected chi connectivity index (χ3v) is 3.26. The van der Waals surface area contributed by atoms with Gasteiger partial charge in [0.2, 0.25) is 0 Å². The minimum absolute atomic E-state index is 0.0195. The van der Waals surface area contributed by atoms with Crippen molar-refractivity contribution in [3.63, 3.8) is 0 Å². The Bertz CT molecular complexity index is 318.